The number of carboxylic acids is 1. The summed E-state index contributed by atoms with van der Waals surface area (Å²) < 4.78 is 10.5. The van der Waals surface area contributed by atoms with Crippen LogP contribution < -0.4 is 0 Å². The van der Waals surface area contributed by atoms with E-state index in [-0.39, 0.29) is 0 Å². The number of hydrogen-bond acceptors (Lipinski definition) is 5. The monoisotopic (exact) mass is 257 g/mol. The number of likely N-dealkylation sites (tertiary alicyclic amines) is 1. The lowest BCUT2D eigenvalue weighted by molar-refractivity contribution is -0.282. The number of ether oxygens (including phenoxy) is 2. The summed E-state index contributed by atoms with van der Waals surface area (Å²) in [6.07, 6.45) is 0. The zero-order valence-corrected chi connectivity index (χ0v) is 10.6. The molecule has 94 valence electrons. The van der Waals surface area contributed by atoms with E-state index in [4.69, 9.17) is 9.47 Å². The van der Waals surface area contributed by atoms with E-state index in [0.29, 0.717) is 13.1 Å². The van der Waals surface area contributed by atoms with Gasteiger partial charge in [-0.2, -0.15) is 0 Å². The molecule has 1 unspecified atom stereocenters. The highest BCUT2D eigenvalue weighted by atomic mass is 32.1. The maximum atomic E-state index is 11.3. The number of rotatable bonds is 5. The van der Waals surface area contributed by atoms with Crippen LogP contribution in [0.1, 0.15) is 10.9 Å². The van der Waals surface area contributed by atoms with Crippen LogP contribution in [0.15, 0.2) is 17.5 Å². The third-order valence-corrected chi connectivity index (χ3v) is 3.97. The highest BCUT2D eigenvalue weighted by molar-refractivity contribution is 7.10. The molecule has 1 atom stereocenters. The minimum Gasteiger partial charge on any atom is -0.480 e. The number of carboxylic acid groups (broad SMARTS) is 1. The normalized spacial score (nSPS) is 20.8. The molecule has 0 amide bonds. The van der Waals surface area contributed by atoms with Crippen LogP contribution in [0, 0.1) is 0 Å². The van der Waals surface area contributed by atoms with Crippen molar-refractivity contribution in [2.45, 2.75) is 11.8 Å². The van der Waals surface area contributed by atoms with E-state index in [2.05, 4.69) is 0 Å². The lowest BCUT2D eigenvalue weighted by atomic mass is 10.0. The summed E-state index contributed by atoms with van der Waals surface area (Å²) in [6.45, 7) is 0.934. The molecule has 6 heteroatoms. The first-order valence-corrected chi connectivity index (χ1v) is 6.10. The van der Waals surface area contributed by atoms with Gasteiger partial charge in [-0.05, 0) is 11.4 Å². The number of thiophene rings is 1. The van der Waals surface area contributed by atoms with Gasteiger partial charge in [-0.1, -0.05) is 6.07 Å². The predicted octanol–water partition coefficient (Wildman–Crippen LogP) is 1.18. The Bertz CT molecular complexity index is 380. The lowest BCUT2D eigenvalue weighted by Gasteiger charge is -2.49. The molecule has 1 aromatic rings. The summed E-state index contributed by atoms with van der Waals surface area (Å²) in [6, 6.07) is 3.09. The zero-order chi connectivity index (χ0) is 12.5. The van der Waals surface area contributed by atoms with E-state index in [0.717, 1.165) is 4.88 Å². The molecule has 0 saturated carbocycles. The minimum atomic E-state index is -0.840. The quantitative estimate of drug-likeness (QED) is 0.803. The fourth-order valence-corrected chi connectivity index (χ4v) is 2.85. The van der Waals surface area contributed by atoms with Crippen molar-refractivity contribution in [1.29, 1.82) is 0 Å². The molecule has 2 heterocycles. The van der Waals surface area contributed by atoms with Gasteiger partial charge >= 0.3 is 5.97 Å². The van der Waals surface area contributed by atoms with Crippen molar-refractivity contribution in [2.24, 2.45) is 0 Å². The van der Waals surface area contributed by atoms with Gasteiger partial charge in [0.2, 0.25) is 0 Å². The second-order valence-electron chi connectivity index (χ2n) is 3.98. The summed E-state index contributed by atoms with van der Waals surface area (Å²) >= 11 is 1.45. The average molecular weight is 257 g/mol. The van der Waals surface area contributed by atoms with Crippen molar-refractivity contribution >= 4 is 17.3 Å². The summed E-state index contributed by atoms with van der Waals surface area (Å²) in [5, 5.41) is 11.2. The van der Waals surface area contributed by atoms with E-state index in [1.807, 2.05) is 22.4 Å². The van der Waals surface area contributed by atoms with Crippen LogP contribution in [0.25, 0.3) is 0 Å². The van der Waals surface area contributed by atoms with E-state index in [1.54, 1.807) is 14.2 Å². The molecule has 1 aromatic heterocycles. The molecule has 2 rings (SSSR count). The van der Waals surface area contributed by atoms with Gasteiger partial charge in [-0.25, -0.2) is 0 Å². The number of nitrogens with zero attached hydrogens (tertiary/aromatic N) is 1. The molecule has 5 nitrogen and oxygen atoms in total. The minimum absolute atomic E-state index is 0.467. The van der Waals surface area contributed by atoms with Gasteiger partial charge in [-0.3, -0.25) is 9.69 Å². The van der Waals surface area contributed by atoms with Gasteiger partial charge < -0.3 is 14.6 Å². The molecular formula is C11H15NO4S. The molecule has 0 spiro atoms. The van der Waals surface area contributed by atoms with Crippen LogP contribution in [-0.2, 0) is 14.3 Å². The number of methoxy groups -OCH3 is 2. The van der Waals surface area contributed by atoms with Gasteiger partial charge in [0.25, 0.3) is 0 Å². The number of aliphatic carboxylic acids is 1. The Morgan fingerprint density at radius 3 is 2.59 bits per heavy atom. The van der Waals surface area contributed by atoms with E-state index in [1.165, 1.54) is 11.3 Å². The molecule has 0 radical (unpaired) electrons. The third-order valence-electron chi connectivity index (χ3n) is 3.04. The Morgan fingerprint density at radius 2 is 2.18 bits per heavy atom. The van der Waals surface area contributed by atoms with E-state index in [9.17, 15) is 9.90 Å². The van der Waals surface area contributed by atoms with Crippen LogP contribution in [0.2, 0.25) is 0 Å². The van der Waals surface area contributed by atoms with Crippen molar-refractivity contribution in [3.05, 3.63) is 22.4 Å². The van der Waals surface area contributed by atoms with Gasteiger partial charge in [0.05, 0.1) is 13.1 Å². The van der Waals surface area contributed by atoms with E-state index < -0.39 is 17.8 Å². The van der Waals surface area contributed by atoms with Crippen molar-refractivity contribution < 1.29 is 19.4 Å². The number of carbonyl (C=O) groups is 1. The Labute approximate surface area is 104 Å². The largest absolute Gasteiger partial charge is 0.480 e. The van der Waals surface area contributed by atoms with Crippen molar-refractivity contribution in [3.63, 3.8) is 0 Å². The van der Waals surface area contributed by atoms with Crippen molar-refractivity contribution in [1.82, 2.24) is 4.90 Å². The van der Waals surface area contributed by atoms with Gasteiger partial charge in [-0.15, -0.1) is 11.3 Å². The number of hydrogen-bond donors (Lipinski definition) is 1. The second kappa shape index (κ2) is 4.73. The molecule has 0 bridgehead atoms. The highest BCUT2D eigenvalue weighted by Gasteiger charge is 2.49. The smallest absolute Gasteiger partial charge is 0.326 e. The highest BCUT2D eigenvalue weighted by Crippen LogP contribution is 2.35. The molecular weight excluding hydrogens is 242 g/mol. The Morgan fingerprint density at radius 1 is 1.53 bits per heavy atom. The fourth-order valence-electron chi connectivity index (χ4n) is 2.00. The van der Waals surface area contributed by atoms with Crippen LogP contribution in [0.3, 0.4) is 0 Å². The van der Waals surface area contributed by atoms with Crippen molar-refractivity contribution in [2.75, 3.05) is 27.3 Å². The molecule has 1 aliphatic rings. The molecule has 17 heavy (non-hydrogen) atoms. The maximum absolute atomic E-state index is 11.3. The Kier molecular flexibility index (Phi) is 3.48. The lowest BCUT2D eigenvalue weighted by Crippen LogP contribution is -2.65. The first-order chi connectivity index (χ1) is 8.12. The summed E-state index contributed by atoms with van der Waals surface area (Å²) in [5.41, 5.74) is 0. The van der Waals surface area contributed by atoms with Crippen LogP contribution in [-0.4, -0.2) is 49.1 Å². The standard InChI is InChI=1S/C11H15NO4S/c1-15-11(16-2)6-12(7-11)9(10(13)14)8-4-3-5-17-8/h3-5,9H,6-7H2,1-2H3,(H,13,14). The van der Waals surface area contributed by atoms with E-state index >= 15 is 0 Å². The summed E-state index contributed by atoms with van der Waals surface area (Å²) in [7, 11) is 3.14. The maximum Gasteiger partial charge on any atom is 0.326 e. The second-order valence-corrected chi connectivity index (χ2v) is 4.96. The Hall–Kier alpha value is -0.950. The molecule has 1 aliphatic heterocycles. The van der Waals surface area contributed by atoms with Crippen LogP contribution in [0.5, 0.6) is 0 Å². The van der Waals surface area contributed by atoms with Gasteiger partial charge in [0.1, 0.15) is 6.04 Å². The average Bonchev–Trinajstić information content (AvgIpc) is 2.75. The third kappa shape index (κ3) is 2.21. The molecule has 1 N–H and O–H groups in total. The SMILES string of the molecule is COC1(OC)CN(C(C(=O)O)c2cccs2)C1. The predicted molar refractivity (Wildman–Crippen MR) is 63.0 cm³/mol. The zero-order valence-electron chi connectivity index (χ0n) is 9.75. The topological polar surface area (TPSA) is 59.0 Å². The summed E-state index contributed by atoms with van der Waals surface area (Å²) in [5.74, 6) is -1.49. The van der Waals surface area contributed by atoms with Crippen LogP contribution in [0.4, 0.5) is 0 Å². The fraction of sp³-hybridized carbons (Fsp3) is 0.545. The van der Waals surface area contributed by atoms with Gasteiger partial charge in [0, 0.05) is 19.1 Å². The first-order valence-electron chi connectivity index (χ1n) is 5.22. The van der Waals surface area contributed by atoms with Crippen molar-refractivity contribution in [3.8, 4) is 0 Å². The molecule has 0 aliphatic carbocycles. The van der Waals surface area contributed by atoms with Gasteiger partial charge in [0.15, 0.2) is 5.79 Å². The Balaban J connectivity index is 2.09. The summed E-state index contributed by atoms with van der Waals surface area (Å²) in [4.78, 5) is 14.0. The molecule has 1 fully saturated rings. The molecule has 1 saturated heterocycles. The molecule has 0 aromatic carbocycles. The first kappa shape index (κ1) is 12.5. The van der Waals surface area contributed by atoms with Crippen LogP contribution >= 0.6 is 11.3 Å².